The maximum atomic E-state index is 12.3. The van der Waals surface area contributed by atoms with Gasteiger partial charge in [-0.15, -0.1) is 0 Å². The predicted octanol–water partition coefficient (Wildman–Crippen LogP) is 20.3. The van der Waals surface area contributed by atoms with Crippen molar-refractivity contribution in [1.29, 1.82) is 0 Å². The molecule has 0 heterocycles. The molecule has 23 nitrogen and oxygen atoms in total. The number of esters is 3. The summed E-state index contributed by atoms with van der Waals surface area (Å²) in [5.74, 6) is 4.25. The molecule has 0 spiro atoms. The van der Waals surface area contributed by atoms with Gasteiger partial charge in [-0.1, -0.05) is 177 Å². The summed E-state index contributed by atoms with van der Waals surface area (Å²) in [5, 5.41) is 0. The van der Waals surface area contributed by atoms with E-state index in [0.717, 1.165) is 57.7 Å². The lowest BCUT2D eigenvalue weighted by Gasteiger charge is -2.13. The van der Waals surface area contributed by atoms with E-state index in [9.17, 15) is 32.3 Å². The van der Waals surface area contributed by atoms with Gasteiger partial charge in [0.05, 0.1) is 38.6 Å². The van der Waals surface area contributed by atoms with Gasteiger partial charge in [0.25, 0.3) is 0 Å². The highest BCUT2D eigenvalue weighted by Gasteiger charge is 2.33. The van der Waals surface area contributed by atoms with Crippen molar-refractivity contribution >= 4 is 65.7 Å². The lowest BCUT2D eigenvalue weighted by molar-refractivity contribution is -0.132. The molecule has 0 atom stereocenters. The molecular formula is C90H113F3O23. The van der Waals surface area contributed by atoms with Gasteiger partial charge >= 0.3 is 24.1 Å². The molecule has 0 amide bonds. The first-order chi connectivity index (χ1) is 55.9. The molecule has 0 aliphatic rings. The number of carbonyl (C=O) groups is 4. The lowest BCUT2D eigenvalue weighted by Crippen LogP contribution is -2.09. The third-order valence-electron chi connectivity index (χ3n) is 14.9. The fourth-order valence-corrected chi connectivity index (χ4v) is 9.00. The van der Waals surface area contributed by atoms with E-state index < -0.39 is 29.7 Å². The van der Waals surface area contributed by atoms with Crippen molar-refractivity contribution in [3.05, 3.63) is 235 Å². The number of hydrogen-bond acceptors (Lipinski definition) is 23. The van der Waals surface area contributed by atoms with Gasteiger partial charge in [-0.3, -0.25) is 9.59 Å². The minimum Gasteiger partial charge on any atom is -0.490 e. The van der Waals surface area contributed by atoms with Gasteiger partial charge < -0.3 is 90.0 Å². The molecule has 7 rings (SSSR count). The minimum atomic E-state index is -4.41. The van der Waals surface area contributed by atoms with Gasteiger partial charge in [0.15, 0.2) is 87.8 Å². The van der Waals surface area contributed by atoms with Crippen molar-refractivity contribution < 1.29 is 122 Å². The number of halogens is 3. The quantitative estimate of drug-likeness (QED) is 0.0113. The number of ketones is 1. The van der Waals surface area contributed by atoms with Crippen molar-refractivity contribution in [3.8, 4) is 57.5 Å². The Balaban J connectivity index is 0.000000677. The topological polar surface area (TPSA) is 244 Å². The van der Waals surface area contributed by atoms with Crippen molar-refractivity contribution in [2.45, 2.75) is 78.8 Å². The van der Waals surface area contributed by atoms with E-state index in [4.69, 9.17) is 75.8 Å². The number of Topliss-reactive ketones (excluding diaryl/α,β-unsaturated/α-hetero) is 1. The Morgan fingerprint density at radius 1 is 0.336 bits per heavy atom. The van der Waals surface area contributed by atoms with E-state index >= 15 is 0 Å². The van der Waals surface area contributed by atoms with Crippen LogP contribution in [0.25, 0.3) is 42.0 Å². The van der Waals surface area contributed by atoms with Crippen molar-refractivity contribution in [1.82, 2.24) is 0 Å². The van der Waals surface area contributed by atoms with Crippen LogP contribution in [0.1, 0.15) is 143 Å². The van der Waals surface area contributed by atoms with E-state index in [1.54, 1.807) is 111 Å². The molecule has 7 aromatic rings. The number of carbonyl (C=O) groups excluding carboxylic acids is 4. The average molecular weight is 1620 g/mol. The zero-order valence-electron chi connectivity index (χ0n) is 69.0. The summed E-state index contributed by atoms with van der Waals surface area (Å²) in [6.07, 6.45) is 14.0. The first-order valence-electron chi connectivity index (χ1n) is 36.3. The molecule has 7 aromatic carbocycles. The summed E-state index contributed by atoms with van der Waals surface area (Å²) in [6, 6.07) is 37.8. The Morgan fingerprint density at radius 2 is 0.647 bits per heavy atom. The largest absolute Gasteiger partial charge is 0.490 e. The summed E-state index contributed by atoms with van der Waals surface area (Å²) >= 11 is 0. The number of ether oxygens (including phenoxy) is 19. The van der Waals surface area contributed by atoms with Crippen LogP contribution in [0.5, 0.6) is 57.5 Å². The smallest absolute Gasteiger partial charge is 0.416 e. The van der Waals surface area contributed by atoms with Gasteiger partial charge in [0, 0.05) is 56.7 Å². The highest BCUT2D eigenvalue weighted by atomic mass is 19.4. The number of benzene rings is 7. The highest BCUT2D eigenvalue weighted by molar-refractivity contribution is 5.97. The minimum absolute atomic E-state index is 0.0252. The molecule has 0 fully saturated rings. The monoisotopic (exact) mass is 1620 g/mol. The number of allylic oxidation sites excluding steroid dienone is 1. The first-order valence-corrected chi connectivity index (χ1v) is 36.3. The molecule has 0 radical (unpaired) electrons. The summed E-state index contributed by atoms with van der Waals surface area (Å²) < 4.78 is 133. The maximum absolute atomic E-state index is 12.3. The van der Waals surface area contributed by atoms with E-state index in [1.807, 2.05) is 48.5 Å². The van der Waals surface area contributed by atoms with Gasteiger partial charge in [0.2, 0.25) is 0 Å². The second kappa shape index (κ2) is 61.9. The SMILES string of the molecule is C=C(c1ccc(OCOC)cc1)C(F)(F)F.C=Cc1ccc(C(=O)OC)c(OCOC)c1.C=Cc1ccc(OCOC)c(C(=O)OC)c1.C=Cc1ccc(OCOC)c(C(C)=O)c1.C=Cc1ccc(OCOC)c(OC(C)=O)c1.C=Cc1ccc(OCOC)c(OCCCCC)c1.C=Cc1ccc(OCOC)c(OCCCCCC)c1. The van der Waals surface area contributed by atoms with E-state index in [1.165, 1.54) is 120 Å². The van der Waals surface area contributed by atoms with Crippen molar-refractivity contribution in [2.24, 2.45) is 0 Å². The van der Waals surface area contributed by atoms with Crippen LogP contribution in [-0.2, 0) is 47.4 Å². The van der Waals surface area contributed by atoms with Crippen LogP contribution in [0, 0.1) is 0 Å². The molecule has 0 unspecified atom stereocenters. The zero-order chi connectivity index (χ0) is 86.5. The molecule has 26 heteroatoms. The molecule has 632 valence electrons. The fourth-order valence-electron chi connectivity index (χ4n) is 9.00. The molecule has 0 saturated carbocycles. The Hall–Kier alpha value is -11.5. The predicted molar refractivity (Wildman–Crippen MR) is 447 cm³/mol. The number of rotatable bonds is 43. The molecule has 116 heavy (non-hydrogen) atoms. The lowest BCUT2D eigenvalue weighted by atomic mass is 10.1. The molecule has 0 aliphatic heterocycles. The summed E-state index contributed by atoms with van der Waals surface area (Å²) in [6.45, 7) is 34.6. The van der Waals surface area contributed by atoms with E-state index in [2.05, 4.69) is 74.1 Å². The second-order valence-corrected chi connectivity index (χ2v) is 23.6. The van der Waals surface area contributed by atoms with Crippen LogP contribution < -0.4 is 47.4 Å². The van der Waals surface area contributed by atoms with Crippen LogP contribution in [0.15, 0.2) is 180 Å². The number of alkyl halides is 3. The molecule has 0 saturated heterocycles. The van der Waals surface area contributed by atoms with Crippen LogP contribution in [0.4, 0.5) is 13.2 Å². The van der Waals surface area contributed by atoms with Crippen molar-refractivity contribution in [2.75, 3.05) is 125 Å². The Bertz CT molecular complexity index is 4080. The normalized spacial score (nSPS) is 10.0. The van der Waals surface area contributed by atoms with E-state index in [0.29, 0.717) is 75.9 Å². The number of unbranched alkanes of at least 4 members (excludes halogenated alkanes) is 5. The van der Waals surface area contributed by atoms with Crippen LogP contribution >= 0.6 is 0 Å². The van der Waals surface area contributed by atoms with Crippen LogP contribution in [-0.4, -0.2) is 155 Å². The average Bonchev–Trinajstić information content (AvgIpc) is 0.853. The molecule has 0 aliphatic carbocycles. The number of hydrogen-bond donors (Lipinski definition) is 0. The number of methoxy groups -OCH3 is 9. The summed E-state index contributed by atoms with van der Waals surface area (Å²) in [7, 11) is 13.4. The molecular weight excluding hydrogens is 1510 g/mol. The zero-order valence-corrected chi connectivity index (χ0v) is 69.0. The molecule has 0 aromatic heterocycles. The third-order valence-corrected chi connectivity index (χ3v) is 14.9. The molecule has 0 N–H and O–H groups in total. The second-order valence-electron chi connectivity index (χ2n) is 23.6. The Kier molecular flexibility index (Phi) is 54.7. The summed E-state index contributed by atoms with van der Waals surface area (Å²) in [4.78, 5) is 45.2. The van der Waals surface area contributed by atoms with E-state index in [-0.39, 0.29) is 58.9 Å². The summed E-state index contributed by atoms with van der Waals surface area (Å²) in [5.41, 5.74) is 5.89. The fraction of sp³-hybridized carbons (Fsp3) is 0.333. The maximum Gasteiger partial charge on any atom is 0.416 e. The standard InChI is InChI=1S/C16H24O3.C15H22O3.3C12H14O4.C12H14O3.C11H11F3O2/c1-4-6-7-8-11-18-16-12-14(5-2)9-10-15(16)19-13-17-3;1-4-6-7-10-17-15-11-13(5-2)8-9-14(15)18-12-16-3;1-4-9-5-6-11(16-8-14-2)10(7-9)12(13)15-3;1-4-9-5-6-10(12(13)15-3)11(7-9)16-8-14-2;1-4-10-5-6-11(15-8-14-3)12(7-10)16-9(2)13;1-4-10-5-6-12(15-8-14-3)11(7-10)9(2)13;1-8(11(12,13)14)9-3-5-10(6-4-9)16-7-15-2/h5,9-10,12H,2,4,6-8,11,13H2,1,3H3;5,8-9,11H,2,4,6-7,10,12H2,1,3H3;3*4-7H,1,8H2,2-3H3;4-7H,1,8H2,2-3H3;3-6H,1,7H2,2H3. The molecule has 0 bridgehead atoms. The third kappa shape index (κ3) is 41.5. The first kappa shape index (κ1) is 103. The van der Waals surface area contributed by atoms with Crippen LogP contribution in [0.2, 0.25) is 0 Å². The van der Waals surface area contributed by atoms with Gasteiger partial charge in [0.1, 0.15) is 34.1 Å². The Morgan fingerprint density at radius 3 is 1.02 bits per heavy atom. The van der Waals surface area contributed by atoms with Gasteiger partial charge in [-0.2, -0.15) is 13.2 Å². The van der Waals surface area contributed by atoms with Gasteiger partial charge in [-0.25, -0.2) is 9.59 Å². The highest BCUT2D eigenvalue weighted by Crippen LogP contribution is 2.35. The van der Waals surface area contributed by atoms with Crippen LogP contribution in [0.3, 0.4) is 0 Å². The van der Waals surface area contributed by atoms with Crippen molar-refractivity contribution in [3.63, 3.8) is 0 Å². The Labute approximate surface area is 681 Å². The van der Waals surface area contributed by atoms with Gasteiger partial charge in [-0.05, 0) is 144 Å².